The van der Waals surface area contributed by atoms with Crippen molar-refractivity contribution in [2.45, 2.75) is 6.42 Å². The second kappa shape index (κ2) is 7.26. The monoisotopic (exact) mass is 295 g/mol. The Labute approximate surface area is 123 Å². The minimum Gasteiger partial charge on any atom is -0.355 e. The molecule has 1 aromatic carbocycles. The molecule has 0 aliphatic carbocycles. The molecule has 1 saturated heterocycles. The maximum absolute atomic E-state index is 11.8. The molecule has 6 heteroatoms. The lowest BCUT2D eigenvalue weighted by molar-refractivity contribution is -0.126. The number of nitrogens with zero attached hydrogens (tertiary/aromatic N) is 1. The van der Waals surface area contributed by atoms with Gasteiger partial charge in [0.05, 0.1) is 13.1 Å². The summed E-state index contributed by atoms with van der Waals surface area (Å²) < 4.78 is 0. The second-order valence-electron chi connectivity index (χ2n) is 4.79. The highest BCUT2D eigenvalue weighted by Crippen LogP contribution is 2.10. The van der Waals surface area contributed by atoms with Crippen molar-refractivity contribution in [3.8, 4) is 0 Å². The Morgan fingerprint density at radius 2 is 2.30 bits per heavy atom. The molecule has 1 aliphatic rings. The lowest BCUT2D eigenvalue weighted by atomic mass is 10.1. The first-order chi connectivity index (χ1) is 9.63. The smallest absolute Gasteiger partial charge is 0.234 e. The zero-order valence-electron chi connectivity index (χ0n) is 11.2. The fraction of sp³-hybridized carbons (Fsp3) is 0.429. The lowest BCUT2D eigenvalue weighted by Gasteiger charge is -2.25. The second-order valence-corrected chi connectivity index (χ2v) is 5.23. The zero-order valence-corrected chi connectivity index (χ0v) is 11.9. The van der Waals surface area contributed by atoms with Crippen LogP contribution in [0.25, 0.3) is 0 Å². The highest BCUT2D eigenvalue weighted by molar-refractivity contribution is 6.30. The number of hydrogen-bond donors (Lipinski definition) is 2. The molecule has 0 aromatic heterocycles. The number of piperazine rings is 1. The third-order valence-electron chi connectivity index (χ3n) is 3.11. The lowest BCUT2D eigenvalue weighted by Crippen LogP contribution is -2.50. The molecule has 0 spiro atoms. The quantitative estimate of drug-likeness (QED) is 0.828. The van der Waals surface area contributed by atoms with E-state index in [-0.39, 0.29) is 18.4 Å². The van der Waals surface area contributed by atoms with Crippen molar-refractivity contribution in [3.05, 3.63) is 34.9 Å². The minimum atomic E-state index is -0.0540. The van der Waals surface area contributed by atoms with Crippen LogP contribution >= 0.6 is 11.6 Å². The molecule has 108 valence electrons. The van der Waals surface area contributed by atoms with Crippen molar-refractivity contribution >= 4 is 23.4 Å². The van der Waals surface area contributed by atoms with Gasteiger partial charge in [0.25, 0.3) is 0 Å². The van der Waals surface area contributed by atoms with Gasteiger partial charge in [-0.15, -0.1) is 0 Å². The number of benzene rings is 1. The molecule has 1 aliphatic heterocycles. The molecule has 0 saturated carbocycles. The molecular weight excluding hydrogens is 278 g/mol. The molecule has 2 rings (SSSR count). The molecule has 0 radical (unpaired) electrons. The largest absolute Gasteiger partial charge is 0.355 e. The number of halogens is 1. The van der Waals surface area contributed by atoms with E-state index in [0.717, 1.165) is 12.0 Å². The summed E-state index contributed by atoms with van der Waals surface area (Å²) in [7, 11) is 0. The van der Waals surface area contributed by atoms with Crippen LogP contribution in [0.3, 0.4) is 0 Å². The first kappa shape index (κ1) is 14.8. The fourth-order valence-electron chi connectivity index (χ4n) is 2.12. The van der Waals surface area contributed by atoms with Crippen LogP contribution in [0.1, 0.15) is 5.56 Å². The summed E-state index contributed by atoms with van der Waals surface area (Å²) in [5, 5.41) is 6.29. The first-order valence-corrected chi connectivity index (χ1v) is 7.01. The van der Waals surface area contributed by atoms with Gasteiger partial charge in [-0.1, -0.05) is 23.7 Å². The van der Waals surface area contributed by atoms with E-state index in [4.69, 9.17) is 11.6 Å². The van der Waals surface area contributed by atoms with Gasteiger partial charge in [0.15, 0.2) is 0 Å². The van der Waals surface area contributed by atoms with Crippen LogP contribution in [-0.4, -0.2) is 49.4 Å². The van der Waals surface area contributed by atoms with E-state index < -0.39 is 0 Å². The normalized spacial score (nSPS) is 15.8. The van der Waals surface area contributed by atoms with Gasteiger partial charge in [0.1, 0.15) is 0 Å². The number of rotatable bonds is 5. The summed E-state index contributed by atoms with van der Waals surface area (Å²) in [5.74, 6) is -0.0790. The molecule has 0 bridgehead atoms. The molecule has 1 aromatic rings. The Morgan fingerprint density at radius 1 is 1.45 bits per heavy atom. The van der Waals surface area contributed by atoms with Crippen molar-refractivity contribution in [2.75, 3.05) is 32.7 Å². The molecule has 1 heterocycles. The van der Waals surface area contributed by atoms with Gasteiger partial charge in [-0.2, -0.15) is 0 Å². The summed E-state index contributed by atoms with van der Waals surface area (Å²) in [6, 6.07) is 7.59. The molecule has 5 nitrogen and oxygen atoms in total. The zero-order chi connectivity index (χ0) is 14.4. The van der Waals surface area contributed by atoms with Crippen LogP contribution in [0, 0.1) is 0 Å². The molecular formula is C14H18ClN3O2. The molecule has 2 N–H and O–H groups in total. The number of carbonyl (C=O) groups is 2. The SMILES string of the molecule is O=C(CN1CCNC(=O)C1)NCCc1cccc(Cl)c1. The van der Waals surface area contributed by atoms with Gasteiger partial charge in [-0.05, 0) is 24.1 Å². The van der Waals surface area contributed by atoms with E-state index in [9.17, 15) is 9.59 Å². The van der Waals surface area contributed by atoms with Gasteiger partial charge >= 0.3 is 0 Å². The van der Waals surface area contributed by atoms with Gasteiger partial charge in [0, 0.05) is 24.7 Å². The van der Waals surface area contributed by atoms with Gasteiger partial charge in [-0.3, -0.25) is 14.5 Å². The van der Waals surface area contributed by atoms with Crippen molar-refractivity contribution < 1.29 is 9.59 Å². The Kier molecular flexibility index (Phi) is 5.38. The van der Waals surface area contributed by atoms with E-state index in [1.54, 1.807) is 0 Å². The van der Waals surface area contributed by atoms with Crippen LogP contribution < -0.4 is 10.6 Å². The Balaban J connectivity index is 1.68. The molecule has 2 amide bonds. The Bertz CT molecular complexity index is 493. The predicted octanol–water partition coefficient (Wildman–Crippen LogP) is 0.431. The van der Waals surface area contributed by atoms with Gasteiger partial charge < -0.3 is 10.6 Å². The molecule has 0 unspecified atom stereocenters. The molecule has 20 heavy (non-hydrogen) atoms. The van der Waals surface area contributed by atoms with Crippen LogP contribution in [0.5, 0.6) is 0 Å². The average molecular weight is 296 g/mol. The Morgan fingerprint density at radius 3 is 3.05 bits per heavy atom. The first-order valence-electron chi connectivity index (χ1n) is 6.64. The van der Waals surface area contributed by atoms with E-state index >= 15 is 0 Å². The summed E-state index contributed by atoms with van der Waals surface area (Å²) in [6.45, 7) is 2.45. The predicted molar refractivity (Wildman–Crippen MR) is 77.6 cm³/mol. The van der Waals surface area contributed by atoms with Crippen LogP contribution in [0.2, 0.25) is 5.02 Å². The third-order valence-corrected chi connectivity index (χ3v) is 3.34. The van der Waals surface area contributed by atoms with Crippen LogP contribution in [0.4, 0.5) is 0 Å². The Hall–Kier alpha value is -1.59. The summed E-state index contributed by atoms with van der Waals surface area (Å²) in [5.41, 5.74) is 1.09. The van der Waals surface area contributed by atoms with Crippen molar-refractivity contribution in [3.63, 3.8) is 0 Å². The molecule has 1 fully saturated rings. The van der Waals surface area contributed by atoms with E-state index in [1.165, 1.54) is 0 Å². The van der Waals surface area contributed by atoms with Crippen molar-refractivity contribution in [2.24, 2.45) is 0 Å². The van der Waals surface area contributed by atoms with Crippen LogP contribution in [0.15, 0.2) is 24.3 Å². The summed E-state index contributed by atoms with van der Waals surface area (Å²) >= 11 is 5.90. The van der Waals surface area contributed by atoms with Crippen molar-refractivity contribution in [1.29, 1.82) is 0 Å². The number of carbonyl (C=O) groups excluding carboxylic acids is 2. The average Bonchev–Trinajstić information content (AvgIpc) is 2.38. The number of hydrogen-bond acceptors (Lipinski definition) is 3. The summed E-state index contributed by atoms with van der Waals surface area (Å²) in [6.07, 6.45) is 0.743. The minimum absolute atomic E-state index is 0.0250. The highest BCUT2D eigenvalue weighted by atomic mass is 35.5. The number of amides is 2. The highest BCUT2D eigenvalue weighted by Gasteiger charge is 2.18. The number of nitrogens with one attached hydrogen (secondary N) is 2. The summed E-state index contributed by atoms with van der Waals surface area (Å²) in [4.78, 5) is 24.8. The standard InChI is InChI=1S/C14H18ClN3O2/c15-12-3-1-2-11(8-12)4-5-16-13(19)9-18-7-6-17-14(20)10-18/h1-3,8H,4-7,9-10H2,(H,16,19)(H,17,20). The van der Waals surface area contributed by atoms with E-state index in [0.29, 0.717) is 31.2 Å². The van der Waals surface area contributed by atoms with Crippen LogP contribution in [-0.2, 0) is 16.0 Å². The fourth-order valence-corrected chi connectivity index (χ4v) is 2.34. The third kappa shape index (κ3) is 4.83. The maximum Gasteiger partial charge on any atom is 0.234 e. The van der Waals surface area contributed by atoms with E-state index in [1.807, 2.05) is 29.2 Å². The van der Waals surface area contributed by atoms with Gasteiger partial charge in [0.2, 0.25) is 11.8 Å². The van der Waals surface area contributed by atoms with E-state index in [2.05, 4.69) is 10.6 Å². The maximum atomic E-state index is 11.8. The van der Waals surface area contributed by atoms with Gasteiger partial charge in [-0.25, -0.2) is 0 Å². The van der Waals surface area contributed by atoms with Crippen molar-refractivity contribution in [1.82, 2.24) is 15.5 Å². The topological polar surface area (TPSA) is 61.4 Å². The molecule has 0 atom stereocenters.